The summed E-state index contributed by atoms with van der Waals surface area (Å²) in [6.45, 7) is 0. The molecule has 1 aliphatic carbocycles. The van der Waals surface area contributed by atoms with Gasteiger partial charge < -0.3 is 0 Å². The van der Waals surface area contributed by atoms with Crippen LogP contribution < -0.4 is 26.9 Å². The summed E-state index contributed by atoms with van der Waals surface area (Å²) >= 11 is -0.0101. The molecule has 94 valence electrons. The molecule has 3 rings (SSSR count). The second kappa shape index (κ2) is 4.71. The van der Waals surface area contributed by atoms with Gasteiger partial charge in [0, 0.05) is 0 Å². The zero-order valence-electron chi connectivity index (χ0n) is 9.86. The van der Waals surface area contributed by atoms with Crippen molar-refractivity contribution in [3.8, 4) is 0 Å². The van der Waals surface area contributed by atoms with E-state index in [2.05, 4.69) is 11.1 Å². The summed E-state index contributed by atoms with van der Waals surface area (Å²) in [4.78, 5) is 16.3. The molecule has 1 saturated heterocycles. The standard InChI is InChI=1S/C13H18IN2O/c15-13-11-10(14-11)12(17)9(16-13)7-6-8-4-2-1-3-5-8/h7-8,10-11H,1-6H2,(H2,15,16)/q-1/b9-7-. The SMILES string of the molecule is NC1=N/C(=C\CC2CCCCC2)C(=O)C2[I-]C12. The minimum atomic E-state index is -0.0101. The third kappa shape index (κ3) is 2.41. The summed E-state index contributed by atoms with van der Waals surface area (Å²) < 4.78 is 0.664. The Morgan fingerprint density at radius 2 is 2.06 bits per heavy atom. The van der Waals surface area contributed by atoms with Gasteiger partial charge in [-0.1, -0.05) is 0 Å². The maximum absolute atomic E-state index is 12.0. The van der Waals surface area contributed by atoms with Crippen LogP contribution in [-0.2, 0) is 4.79 Å². The Hall–Kier alpha value is -0.390. The van der Waals surface area contributed by atoms with E-state index < -0.39 is 0 Å². The van der Waals surface area contributed by atoms with E-state index in [0.717, 1.165) is 18.2 Å². The Labute approximate surface area is 112 Å². The van der Waals surface area contributed by atoms with Gasteiger partial charge in [0.15, 0.2) is 0 Å². The molecule has 2 unspecified atom stereocenters. The van der Waals surface area contributed by atoms with Crippen LogP contribution in [0.15, 0.2) is 16.8 Å². The predicted octanol–water partition coefficient (Wildman–Crippen LogP) is -1.38. The van der Waals surface area contributed by atoms with Crippen molar-refractivity contribution in [2.75, 3.05) is 0 Å². The van der Waals surface area contributed by atoms with Crippen LogP contribution in [0, 0.1) is 5.92 Å². The zero-order valence-corrected chi connectivity index (χ0v) is 12.0. The van der Waals surface area contributed by atoms with Crippen LogP contribution in [-0.4, -0.2) is 19.5 Å². The molecule has 2 atom stereocenters. The first-order valence-electron chi connectivity index (χ1n) is 6.46. The van der Waals surface area contributed by atoms with Gasteiger partial charge >= 0.3 is 112 Å². The number of nitrogens with zero attached hydrogens (tertiary/aromatic N) is 1. The summed E-state index contributed by atoms with van der Waals surface area (Å²) in [6, 6.07) is 0. The van der Waals surface area contributed by atoms with Gasteiger partial charge in [-0.15, -0.1) is 0 Å². The maximum atomic E-state index is 12.0. The molecule has 4 heteroatoms. The van der Waals surface area contributed by atoms with Crippen LogP contribution in [0.2, 0.25) is 0 Å². The third-order valence-electron chi connectivity index (χ3n) is 3.87. The Balaban J connectivity index is 1.66. The fourth-order valence-corrected chi connectivity index (χ4v) is 5.20. The van der Waals surface area contributed by atoms with Crippen molar-refractivity contribution in [2.24, 2.45) is 16.6 Å². The van der Waals surface area contributed by atoms with Gasteiger partial charge in [0.25, 0.3) is 0 Å². The molecule has 0 spiro atoms. The summed E-state index contributed by atoms with van der Waals surface area (Å²) in [7, 11) is 0. The Bertz CT molecular complexity index is 396. The molecule has 0 aromatic heterocycles. The van der Waals surface area contributed by atoms with E-state index in [-0.39, 0.29) is 30.9 Å². The van der Waals surface area contributed by atoms with Crippen LogP contribution in [0.5, 0.6) is 0 Å². The number of halogens is 1. The number of Topliss-reactive ketones (excluding diaryl/α,β-unsaturated/α-hetero) is 1. The first-order chi connectivity index (χ1) is 8.25. The first kappa shape index (κ1) is 11.7. The monoisotopic (exact) mass is 345 g/mol. The van der Waals surface area contributed by atoms with Crippen molar-refractivity contribution >= 4 is 11.6 Å². The number of hydrogen-bond donors (Lipinski definition) is 1. The van der Waals surface area contributed by atoms with Gasteiger partial charge in [-0.3, -0.25) is 0 Å². The van der Waals surface area contributed by atoms with Gasteiger partial charge in [0.05, 0.1) is 0 Å². The Kier molecular flexibility index (Phi) is 3.23. The van der Waals surface area contributed by atoms with Crippen LogP contribution in [0.1, 0.15) is 38.5 Å². The topological polar surface area (TPSA) is 55.4 Å². The summed E-state index contributed by atoms with van der Waals surface area (Å²) in [5.74, 6) is 1.79. The molecule has 2 fully saturated rings. The molecule has 3 aliphatic rings. The van der Waals surface area contributed by atoms with Crippen molar-refractivity contribution < 1.29 is 26.0 Å². The van der Waals surface area contributed by atoms with E-state index in [1.165, 1.54) is 32.1 Å². The second-order valence-corrected chi connectivity index (χ2v) is 8.56. The number of allylic oxidation sites excluding steroid dienone is 2. The van der Waals surface area contributed by atoms with Gasteiger partial charge in [0.1, 0.15) is 0 Å². The number of carbonyl (C=O) groups excluding carboxylic acids is 1. The van der Waals surface area contributed by atoms with Crippen molar-refractivity contribution in [1.29, 1.82) is 0 Å². The van der Waals surface area contributed by atoms with Crippen LogP contribution >= 0.6 is 0 Å². The fraction of sp³-hybridized carbons (Fsp3) is 0.692. The van der Waals surface area contributed by atoms with E-state index in [4.69, 9.17) is 5.73 Å². The molecule has 2 aliphatic heterocycles. The minimum absolute atomic E-state index is 0.0101. The number of ketones is 1. The zero-order chi connectivity index (χ0) is 11.8. The van der Waals surface area contributed by atoms with Gasteiger partial charge in [-0.05, 0) is 0 Å². The molecule has 2 N–H and O–H groups in total. The van der Waals surface area contributed by atoms with Crippen LogP contribution in [0.4, 0.5) is 0 Å². The average molecular weight is 345 g/mol. The van der Waals surface area contributed by atoms with E-state index >= 15 is 0 Å². The normalized spacial score (nSPS) is 36.1. The summed E-state index contributed by atoms with van der Waals surface area (Å²) in [5, 5.41) is 0. The number of aliphatic imine (C=N–C) groups is 1. The average Bonchev–Trinajstić information content (AvgIpc) is 3.14. The molecule has 0 radical (unpaired) electrons. The Morgan fingerprint density at radius 3 is 2.82 bits per heavy atom. The molecule has 0 aromatic rings. The van der Waals surface area contributed by atoms with Crippen molar-refractivity contribution in [2.45, 2.75) is 46.4 Å². The van der Waals surface area contributed by atoms with E-state index in [0.29, 0.717) is 9.62 Å². The Morgan fingerprint density at radius 1 is 1.29 bits per heavy atom. The molecule has 0 aromatic carbocycles. The van der Waals surface area contributed by atoms with Gasteiger partial charge in [-0.25, -0.2) is 0 Å². The van der Waals surface area contributed by atoms with Gasteiger partial charge in [-0.2, -0.15) is 0 Å². The number of rotatable bonds is 2. The van der Waals surface area contributed by atoms with Crippen molar-refractivity contribution in [3.63, 3.8) is 0 Å². The van der Waals surface area contributed by atoms with Crippen LogP contribution in [0.3, 0.4) is 0 Å². The fourth-order valence-electron chi connectivity index (χ4n) is 2.75. The number of hydrogen-bond acceptors (Lipinski definition) is 3. The molecule has 17 heavy (non-hydrogen) atoms. The van der Waals surface area contributed by atoms with Crippen LogP contribution in [0.25, 0.3) is 0 Å². The third-order valence-corrected chi connectivity index (χ3v) is 7.23. The molecular weight excluding hydrogens is 327 g/mol. The number of fused-ring (bicyclic) bond motifs is 1. The molecule has 2 heterocycles. The summed E-state index contributed by atoms with van der Waals surface area (Å²) in [5.41, 5.74) is 6.54. The van der Waals surface area contributed by atoms with Crippen molar-refractivity contribution in [1.82, 2.24) is 0 Å². The predicted molar refractivity (Wildman–Crippen MR) is 63.5 cm³/mol. The molecular formula is C13H18IN2O-. The van der Waals surface area contributed by atoms with Gasteiger partial charge in [0.2, 0.25) is 0 Å². The molecule has 0 amide bonds. The number of alkyl halides is 2. The molecule has 0 bridgehead atoms. The summed E-state index contributed by atoms with van der Waals surface area (Å²) in [6.07, 6.45) is 9.79. The second-order valence-electron chi connectivity index (χ2n) is 5.16. The van der Waals surface area contributed by atoms with E-state index in [9.17, 15) is 4.79 Å². The quantitative estimate of drug-likeness (QED) is 0.381. The van der Waals surface area contributed by atoms with E-state index in [1.54, 1.807) is 0 Å². The first-order valence-corrected chi connectivity index (χ1v) is 8.95. The van der Waals surface area contributed by atoms with E-state index in [1.807, 2.05) is 0 Å². The molecule has 3 nitrogen and oxygen atoms in total. The number of amidine groups is 1. The molecule has 1 saturated carbocycles. The van der Waals surface area contributed by atoms with Crippen molar-refractivity contribution in [3.05, 3.63) is 11.8 Å². The number of nitrogens with two attached hydrogens (primary N) is 1. The number of carbonyl (C=O) groups is 1.